The minimum Gasteiger partial charge on any atom is -0.507 e. The van der Waals surface area contributed by atoms with Gasteiger partial charge in [0.15, 0.2) is 0 Å². The molecule has 6 aromatic carbocycles. The third-order valence-electron chi connectivity index (χ3n) is 10.3. The first-order valence-corrected chi connectivity index (χ1v) is 19.1. The third-order valence-corrected chi connectivity index (χ3v) is 10.3. The van der Waals surface area contributed by atoms with Gasteiger partial charge in [0.1, 0.15) is 5.75 Å². The molecule has 0 aromatic heterocycles. The van der Waals surface area contributed by atoms with E-state index in [9.17, 15) is 10.2 Å². The second-order valence-electron chi connectivity index (χ2n) is 15.9. The van der Waals surface area contributed by atoms with Gasteiger partial charge in [-0.1, -0.05) is 130 Å². The molecule has 55 heavy (non-hydrogen) atoms. The molecule has 1 heterocycles. The first kappa shape index (κ1) is 43.4. The van der Waals surface area contributed by atoms with Gasteiger partial charge in [0, 0.05) is 23.7 Å². The molecule has 0 saturated carbocycles. The molecule has 1 aliphatic heterocycles. The summed E-state index contributed by atoms with van der Waals surface area (Å²) in [5.74, 6) is 0.325. The number of rotatable bonds is 7. The summed E-state index contributed by atoms with van der Waals surface area (Å²) >= 11 is 0. The van der Waals surface area contributed by atoms with E-state index in [1.54, 1.807) is 0 Å². The molecule has 6 aromatic rings. The molecule has 282 valence electrons. The molecule has 1 fully saturated rings. The van der Waals surface area contributed by atoms with E-state index in [4.69, 9.17) is 0 Å². The Morgan fingerprint density at radius 1 is 0.582 bits per heavy atom. The summed E-state index contributed by atoms with van der Waals surface area (Å²) < 4.78 is 0. The zero-order valence-corrected chi connectivity index (χ0v) is 35.7. The molecular formula is C51H57NO2Zr. The Kier molecular flexibility index (Phi) is 15.4. The molecule has 1 aliphatic rings. The maximum atomic E-state index is 12.4. The van der Waals surface area contributed by atoms with Crippen LogP contribution < -0.4 is 0 Å². The largest absolute Gasteiger partial charge is 2.00 e. The van der Waals surface area contributed by atoms with Crippen LogP contribution in [0.3, 0.4) is 0 Å². The van der Waals surface area contributed by atoms with Crippen molar-refractivity contribution >= 4 is 0 Å². The van der Waals surface area contributed by atoms with Crippen LogP contribution in [0.1, 0.15) is 92.0 Å². The summed E-state index contributed by atoms with van der Waals surface area (Å²) in [4.78, 5) is 2.35. The minimum atomic E-state index is -0.807. The molecule has 0 bridgehead atoms. The predicted molar refractivity (Wildman–Crippen MR) is 227 cm³/mol. The van der Waals surface area contributed by atoms with Crippen molar-refractivity contribution in [1.82, 2.24) is 4.90 Å². The second-order valence-corrected chi connectivity index (χ2v) is 15.9. The van der Waals surface area contributed by atoms with Crippen LogP contribution in [0.4, 0.5) is 0 Å². The van der Waals surface area contributed by atoms with Gasteiger partial charge in [-0.05, 0) is 67.0 Å². The molecule has 2 N–H and O–H groups in total. The number of aliphatic hydroxyl groups is 1. The van der Waals surface area contributed by atoms with Crippen LogP contribution in [-0.2, 0) is 43.6 Å². The van der Waals surface area contributed by atoms with Gasteiger partial charge in [-0.15, -0.1) is 24.3 Å². The van der Waals surface area contributed by atoms with Crippen LogP contribution in [0, 0.1) is 13.8 Å². The number of phenolic OH excluding ortho intramolecular Hbond substituents is 1. The number of hydrogen-bond donors (Lipinski definition) is 2. The normalized spacial score (nSPS) is 14.4. The molecule has 0 amide bonds. The monoisotopic (exact) mass is 805 g/mol. The van der Waals surface area contributed by atoms with E-state index in [2.05, 4.69) is 124 Å². The first-order chi connectivity index (χ1) is 25.8. The van der Waals surface area contributed by atoms with Crippen molar-refractivity contribution in [3.63, 3.8) is 0 Å². The quantitative estimate of drug-likeness (QED) is 0.125. The number of aromatic hydroxyl groups is 1. The van der Waals surface area contributed by atoms with Crippen molar-refractivity contribution in [2.75, 3.05) is 6.54 Å². The van der Waals surface area contributed by atoms with E-state index >= 15 is 0 Å². The van der Waals surface area contributed by atoms with Crippen molar-refractivity contribution in [2.24, 2.45) is 0 Å². The average molecular weight is 807 g/mol. The van der Waals surface area contributed by atoms with Crippen LogP contribution in [0.2, 0.25) is 0 Å². The van der Waals surface area contributed by atoms with Crippen molar-refractivity contribution in [3.05, 3.63) is 222 Å². The van der Waals surface area contributed by atoms with Gasteiger partial charge in [-0.2, -0.15) is 49.2 Å². The van der Waals surface area contributed by atoms with E-state index in [1.165, 1.54) is 5.56 Å². The van der Waals surface area contributed by atoms with Gasteiger partial charge < -0.3 is 10.2 Å². The molecule has 1 saturated heterocycles. The van der Waals surface area contributed by atoms with Crippen molar-refractivity contribution in [1.29, 1.82) is 0 Å². The Morgan fingerprint density at radius 2 is 0.964 bits per heavy atom. The molecule has 0 radical (unpaired) electrons. The molecule has 0 aliphatic carbocycles. The summed E-state index contributed by atoms with van der Waals surface area (Å²) in [5, 5.41) is 23.3. The molecule has 4 heteroatoms. The average Bonchev–Trinajstić information content (AvgIpc) is 3.65. The number of phenols is 1. The maximum absolute atomic E-state index is 12.4. The molecule has 1 atom stereocenters. The summed E-state index contributed by atoms with van der Waals surface area (Å²) in [6.45, 7) is 19.4. The van der Waals surface area contributed by atoms with Gasteiger partial charge in [0.05, 0.1) is 11.0 Å². The van der Waals surface area contributed by atoms with Gasteiger partial charge in [-0.25, -0.2) is 0 Å². The molecule has 7 rings (SSSR count). The molecular weight excluding hydrogens is 750 g/mol. The van der Waals surface area contributed by atoms with Crippen LogP contribution in [0.5, 0.6) is 5.75 Å². The van der Waals surface area contributed by atoms with Gasteiger partial charge >= 0.3 is 26.2 Å². The van der Waals surface area contributed by atoms with E-state index in [1.807, 2.05) is 92.7 Å². The minimum absolute atomic E-state index is 0. The summed E-state index contributed by atoms with van der Waals surface area (Å²) in [6.07, 6.45) is 2.00. The molecule has 0 spiro atoms. The van der Waals surface area contributed by atoms with E-state index in [0.29, 0.717) is 12.3 Å². The number of nitrogens with zero attached hydrogens (tertiary/aromatic N) is 1. The number of benzene rings is 6. The maximum Gasteiger partial charge on any atom is 2.00 e. The number of likely N-dealkylation sites (tertiary alicyclic amines) is 1. The summed E-state index contributed by atoms with van der Waals surface area (Å²) in [6, 6.07) is 55.9. The predicted octanol–water partition coefficient (Wildman–Crippen LogP) is 11.5. The van der Waals surface area contributed by atoms with Crippen LogP contribution in [-0.4, -0.2) is 33.3 Å². The van der Waals surface area contributed by atoms with Gasteiger partial charge in [-0.3, -0.25) is 4.90 Å². The van der Waals surface area contributed by atoms with Crippen molar-refractivity contribution in [3.8, 4) is 5.75 Å². The van der Waals surface area contributed by atoms with Crippen molar-refractivity contribution < 1.29 is 36.4 Å². The fraction of sp³-hybridized carbons (Fsp3) is 0.255. The Hall–Kier alpha value is -4.34. The van der Waals surface area contributed by atoms with Crippen LogP contribution in [0.25, 0.3) is 0 Å². The topological polar surface area (TPSA) is 43.7 Å². The van der Waals surface area contributed by atoms with E-state index in [-0.39, 0.29) is 37.7 Å². The zero-order valence-electron chi connectivity index (χ0n) is 33.3. The zero-order chi connectivity index (χ0) is 38.8. The molecule has 3 nitrogen and oxygen atoms in total. The standard InChI is InChI=1S/C37H43NO2.2C7H7.Zr/c1-35(2,3)31-24-27(26-38-23-15-22-33(38)36(4,5)40)34(39)32(25-31)37(28-16-9-6-10-17-28,29-18-11-7-12-19-29)30-20-13-8-14-21-30;2*1-7-5-3-2-4-6-7;/h6-14,16-21,24-25,33,39-40H,15,22-23,26H2,1-5H3;2*2-6H,1H2;/q;2*-1;+2/t33-;;;/m0.../s1. The number of hydrogen-bond acceptors (Lipinski definition) is 3. The van der Waals surface area contributed by atoms with E-state index in [0.717, 1.165) is 58.3 Å². The van der Waals surface area contributed by atoms with Crippen LogP contribution in [0.15, 0.2) is 164 Å². The smallest absolute Gasteiger partial charge is 0.507 e. The van der Waals surface area contributed by atoms with E-state index < -0.39 is 11.0 Å². The van der Waals surface area contributed by atoms with Gasteiger partial charge in [0.25, 0.3) is 0 Å². The Labute approximate surface area is 350 Å². The Bertz CT molecular complexity index is 1870. The van der Waals surface area contributed by atoms with Crippen molar-refractivity contribution in [2.45, 2.75) is 76.5 Å². The fourth-order valence-electron chi connectivity index (χ4n) is 7.56. The Balaban J connectivity index is 0.000000374. The van der Waals surface area contributed by atoms with Gasteiger partial charge in [0.2, 0.25) is 0 Å². The molecule has 0 unspecified atom stereocenters. The Morgan fingerprint density at radius 3 is 1.29 bits per heavy atom. The third kappa shape index (κ3) is 10.9. The summed E-state index contributed by atoms with van der Waals surface area (Å²) in [7, 11) is 0. The second kappa shape index (κ2) is 19.5. The van der Waals surface area contributed by atoms with Crippen LogP contribution >= 0.6 is 0 Å². The first-order valence-electron chi connectivity index (χ1n) is 19.1. The SMILES string of the molecule is CC(C)(C)c1cc(CN2CCC[C@H]2C(C)(C)O)c(O)c(C(c2ccccc2)(c2ccccc2)c2ccccc2)c1.[CH2-]c1ccccc1.[CH2-]c1ccccc1.[Zr+2]. The fourth-order valence-corrected chi connectivity index (χ4v) is 7.56. The summed E-state index contributed by atoms with van der Waals surface area (Å²) in [5.41, 5.74) is 6.77.